The van der Waals surface area contributed by atoms with Crippen LogP contribution < -0.4 is 5.73 Å². The molecule has 21 heavy (non-hydrogen) atoms. The molecular weight excluding hydrogens is 326 g/mol. The van der Waals surface area contributed by atoms with E-state index in [4.69, 9.17) is 10.7 Å². The summed E-state index contributed by atoms with van der Waals surface area (Å²) in [5, 5.41) is 0. The molecule has 0 radical (unpaired) electrons. The lowest BCUT2D eigenvalue weighted by Gasteiger charge is -2.08. The van der Waals surface area contributed by atoms with Crippen molar-refractivity contribution in [2.75, 3.05) is 0 Å². The number of benzene rings is 2. The highest BCUT2D eigenvalue weighted by Gasteiger charge is 2.28. The summed E-state index contributed by atoms with van der Waals surface area (Å²) in [6, 6.07) is 15.3. The van der Waals surface area contributed by atoms with Gasteiger partial charge in [-0.05, 0) is 36.6 Å². The topological polar surface area (TPSA) is 43.8 Å². The molecule has 3 nitrogen and oxygen atoms in total. The summed E-state index contributed by atoms with van der Waals surface area (Å²) in [5.74, 6) is 1.06. The van der Waals surface area contributed by atoms with E-state index in [1.165, 1.54) is 18.4 Å². The van der Waals surface area contributed by atoms with Gasteiger partial charge in [0.15, 0.2) is 0 Å². The van der Waals surface area contributed by atoms with Gasteiger partial charge in [0.25, 0.3) is 0 Å². The van der Waals surface area contributed by atoms with Crippen LogP contribution in [0.25, 0.3) is 22.4 Å². The number of aromatic nitrogens is 2. The number of fused-ring (bicyclic) bond motifs is 1. The lowest BCUT2D eigenvalue weighted by atomic mass is 10.1. The molecule has 1 aliphatic rings. The van der Waals surface area contributed by atoms with Crippen LogP contribution in [0, 0.1) is 0 Å². The minimum absolute atomic E-state index is 0.576. The van der Waals surface area contributed by atoms with Crippen LogP contribution in [-0.2, 0) is 6.54 Å². The number of halogens is 1. The van der Waals surface area contributed by atoms with Gasteiger partial charge in [-0.2, -0.15) is 0 Å². The summed E-state index contributed by atoms with van der Waals surface area (Å²) in [5.41, 5.74) is 10.3. The zero-order valence-corrected chi connectivity index (χ0v) is 13.2. The van der Waals surface area contributed by atoms with Crippen molar-refractivity contribution in [3.05, 3.63) is 52.5 Å². The Kier molecular flexibility index (Phi) is 3.08. The van der Waals surface area contributed by atoms with E-state index in [1.807, 2.05) is 0 Å². The molecule has 0 bridgehead atoms. The largest absolute Gasteiger partial charge is 0.326 e. The maximum atomic E-state index is 5.68. The van der Waals surface area contributed by atoms with E-state index in [2.05, 4.69) is 63.0 Å². The third kappa shape index (κ3) is 2.28. The summed E-state index contributed by atoms with van der Waals surface area (Å²) in [7, 11) is 0. The van der Waals surface area contributed by atoms with Gasteiger partial charge in [-0.15, -0.1) is 0 Å². The van der Waals surface area contributed by atoms with Crippen molar-refractivity contribution in [3.8, 4) is 11.4 Å². The molecular formula is C17H16BrN3. The fourth-order valence-corrected chi connectivity index (χ4v) is 3.12. The van der Waals surface area contributed by atoms with Crippen molar-refractivity contribution in [3.63, 3.8) is 0 Å². The summed E-state index contributed by atoms with van der Waals surface area (Å²) in [4.78, 5) is 4.86. The number of hydrogen-bond donors (Lipinski definition) is 1. The van der Waals surface area contributed by atoms with Crippen LogP contribution in [0.2, 0.25) is 0 Å². The Morgan fingerprint density at radius 2 is 1.90 bits per heavy atom. The molecule has 1 heterocycles. The molecule has 106 valence electrons. The highest BCUT2D eigenvalue weighted by molar-refractivity contribution is 9.10. The van der Waals surface area contributed by atoms with Crippen LogP contribution in [0.3, 0.4) is 0 Å². The Balaban J connectivity index is 1.91. The summed E-state index contributed by atoms with van der Waals surface area (Å²) in [6.07, 6.45) is 2.49. The zero-order chi connectivity index (χ0) is 14.4. The molecule has 0 amide bonds. The summed E-state index contributed by atoms with van der Waals surface area (Å²) in [6.45, 7) is 0.576. The highest BCUT2D eigenvalue weighted by atomic mass is 79.9. The number of hydrogen-bond acceptors (Lipinski definition) is 2. The molecule has 3 aromatic rings. The predicted octanol–water partition coefficient (Wildman–Crippen LogP) is 4.26. The first kappa shape index (κ1) is 13.0. The average molecular weight is 342 g/mol. The van der Waals surface area contributed by atoms with Crippen LogP contribution in [-0.4, -0.2) is 9.55 Å². The molecule has 0 saturated heterocycles. The molecule has 4 rings (SSSR count). The van der Waals surface area contributed by atoms with Crippen molar-refractivity contribution in [2.24, 2.45) is 5.73 Å². The third-order valence-electron chi connectivity index (χ3n) is 4.01. The van der Waals surface area contributed by atoms with Crippen LogP contribution >= 0.6 is 15.9 Å². The van der Waals surface area contributed by atoms with Gasteiger partial charge >= 0.3 is 0 Å². The smallest absolute Gasteiger partial charge is 0.141 e. The van der Waals surface area contributed by atoms with Gasteiger partial charge < -0.3 is 10.3 Å². The predicted molar refractivity (Wildman–Crippen MR) is 89.0 cm³/mol. The van der Waals surface area contributed by atoms with Crippen LogP contribution in [0.5, 0.6) is 0 Å². The van der Waals surface area contributed by atoms with Crippen LogP contribution in [0.1, 0.15) is 24.4 Å². The monoisotopic (exact) mass is 341 g/mol. The standard InChI is InChI=1S/C17H16BrN3/c18-13-5-8-16-15(9-13)20-17(21(16)14-6-7-14)12-3-1-11(10-19)2-4-12/h1-5,8-9,14H,6-7,10,19H2. The number of imidazole rings is 1. The Bertz CT molecular complexity index is 801. The normalized spacial score (nSPS) is 14.8. The molecule has 1 fully saturated rings. The minimum atomic E-state index is 0.576. The molecule has 2 N–H and O–H groups in total. The molecule has 1 aliphatic carbocycles. The van der Waals surface area contributed by atoms with Crippen molar-refractivity contribution in [1.82, 2.24) is 9.55 Å². The van der Waals surface area contributed by atoms with Crippen molar-refractivity contribution < 1.29 is 0 Å². The van der Waals surface area contributed by atoms with Gasteiger partial charge in [0.1, 0.15) is 5.82 Å². The van der Waals surface area contributed by atoms with Gasteiger partial charge in [-0.3, -0.25) is 0 Å². The van der Waals surface area contributed by atoms with Crippen LogP contribution in [0.15, 0.2) is 46.9 Å². The first-order valence-corrected chi connectivity index (χ1v) is 8.02. The molecule has 0 spiro atoms. The van der Waals surface area contributed by atoms with E-state index in [9.17, 15) is 0 Å². The van der Waals surface area contributed by atoms with E-state index < -0.39 is 0 Å². The molecule has 2 aromatic carbocycles. The molecule has 1 aromatic heterocycles. The zero-order valence-electron chi connectivity index (χ0n) is 11.6. The fraction of sp³-hybridized carbons (Fsp3) is 0.235. The summed E-state index contributed by atoms with van der Waals surface area (Å²) >= 11 is 3.53. The van der Waals surface area contributed by atoms with E-state index in [0.717, 1.165) is 26.9 Å². The van der Waals surface area contributed by atoms with Crippen molar-refractivity contribution in [1.29, 1.82) is 0 Å². The Hall–Kier alpha value is -1.65. The van der Waals surface area contributed by atoms with E-state index in [-0.39, 0.29) is 0 Å². The van der Waals surface area contributed by atoms with Gasteiger partial charge in [-0.1, -0.05) is 40.2 Å². The second kappa shape index (κ2) is 4.97. The van der Waals surface area contributed by atoms with E-state index in [1.54, 1.807) is 0 Å². The minimum Gasteiger partial charge on any atom is -0.326 e. The van der Waals surface area contributed by atoms with Gasteiger partial charge in [0.05, 0.1) is 11.0 Å². The summed E-state index contributed by atoms with van der Waals surface area (Å²) < 4.78 is 3.46. The first-order valence-electron chi connectivity index (χ1n) is 7.23. The van der Waals surface area contributed by atoms with Gasteiger partial charge in [-0.25, -0.2) is 4.98 Å². The average Bonchev–Trinajstić information content (AvgIpc) is 3.28. The first-order chi connectivity index (χ1) is 10.3. The molecule has 4 heteroatoms. The van der Waals surface area contributed by atoms with E-state index in [0.29, 0.717) is 12.6 Å². The highest BCUT2D eigenvalue weighted by Crippen LogP contribution is 2.41. The quantitative estimate of drug-likeness (QED) is 0.773. The lowest BCUT2D eigenvalue weighted by molar-refractivity contribution is 0.775. The number of nitrogens with two attached hydrogens (primary N) is 1. The second-order valence-electron chi connectivity index (χ2n) is 5.57. The molecule has 1 saturated carbocycles. The molecule has 0 atom stereocenters. The van der Waals surface area contributed by atoms with Gasteiger partial charge in [0, 0.05) is 22.6 Å². The Morgan fingerprint density at radius 1 is 1.14 bits per heavy atom. The van der Waals surface area contributed by atoms with Gasteiger partial charge in [0.2, 0.25) is 0 Å². The SMILES string of the molecule is NCc1ccc(-c2nc3cc(Br)ccc3n2C2CC2)cc1. The van der Waals surface area contributed by atoms with Crippen molar-refractivity contribution in [2.45, 2.75) is 25.4 Å². The molecule has 0 aliphatic heterocycles. The van der Waals surface area contributed by atoms with E-state index >= 15 is 0 Å². The molecule has 0 unspecified atom stereocenters. The van der Waals surface area contributed by atoms with Crippen molar-refractivity contribution >= 4 is 27.0 Å². The fourth-order valence-electron chi connectivity index (χ4n) is 2.77. The van der Waals surface area contributed by atoms with Crippen LogP contribution in [0.4, 0.5) is 0 Å². The Labute approximate surface area is 131 Å². The third-order valence-corrected chi connectivity index (χ3v) is 4.50. The maximum Gasteiger partial charge on any atom is 0.141 e. The maximum absolute atomic E-state index is 5.68. The number of rotatable bonds is 3. The second-order valence-corrected chi connectivity index (χ2v) is 6.49. The lowest BCUT2D eigenvalue weighted by Crippen LogP contribution is -1.99. The Morgan fingerprint density at radius 3 is 2.57 bits per heavy atom. The number of nitrogens with zero attached hydrogens (tertiary/aromatic N) is 2.